The second kappa shape index (κ2) is 7.56. The molecule has 0 spiro atoms. The van der Waals surface area contributed by atoms with Gasteiger partial charge in [0.15, 0.2) is 0 Å². The van der Waals surface area contributed by atoms with E-state index < -0.39 is 0 Å². The molecule has 0 unspecified atom stereocenters. The number of carbonyl (C=O) groups is 1. The van der Waals surface area contributed by atoms with Gasteiger partial charge in [-0.3, -0.25) is 9.69 Å². The van der Waals surface area contributed by atoms with Crippen LogP contribution in [-0.2, 0) is 9.53 Å². The minimum atomic E-state index is 0. The van der Waals surface area contributed by atoms with Crippen molar-refractivity contribution in [2.75, 3.05) is 45.9 Å². The van der Waals surface area contributed by atoms with Gasteiger partial charge in [0.1, 0.15) is 0 Å². The number of likely N-dealkylation sites (tertiary alicyclic amines) is 1. The van der Waals surface area contributed by atoms with Gasteiger partial charge in [0.05, 0.1) is 25.5 Å². The number of carbonyl (C=O) groups excluding carboxylic acids is 1. The van der Waals surface area contributed by atoms with E-state index in [1.807, 2.05) is 4.90 Å². The first-order valence-electron chi connectivity index (χ1n) is 6.07. The van der Waals surface area contributed by atoms with E-state index in [2.05, 4.69) is 10.1 Å². The normalized spacial score (nSPS) is 21.3. The second-order valence-electron chi connectivity index (χ2n) is 4.44. The third kappa shape index (κ3) is 4.12. The van der Waals surface area contributed by atoms with E-state index in [0.29, 0.717) is 32.8 Å². The molecule has 2 fully saturated rings. The summed E-state index contributed by atoms with van der Waals surface area (Å²) in [6.07, 6.45) is 1.51. The molecular weight excluding hydrogens is 258 g/mol. The Bertz CT molecular complexity index is 296. The van der Waals surface area contributed by atoms with Gasteiger partial charge in [0.25, 0.3) is 0 Å². The van der Waals surface area contributed by atoms with Crippen LogP contribution in [0.15, 0.2) is 5.16 Å². The minimum absolute atomic E-state index is 0. The fraction of sp³-hybridized carbons (Fsp3) is 0.818. The van der Waals surface area contributed by atoms with E-state index in [0.717, 1.165) is 31.6 Å². The van der Waals surface area contributed by atoms with Crippen LogP contribution in [0, 0.1) is 0 Å². The number of morpholine rings is 1. The number of oxime groups is 1. The van der Waals surface area contributed by atoms with Crippen LogP contribution in [0.3, 0.4) is 0 Å². The predicted octanol–water partition coefficient (Wildman–Crippen LogP) is 0.193. The molecule has 2 heterocycles. The van der Waals surface area contributed by atoms with Gasteiger partial charge in [-0.05, 0) is 0 Å². The molecule has 0 radical (unpaired) electrons. The van der Waals surface area contributed by atoms with E-state index in [-0.39, 0.29) is 18.3 Å². The molecule has 7 heteroatoms. The summed E-state index contributed by atoms with van der Waals surface area (Å²) in [5.74, 6) is 0.178. The lowest BCUT2D eigenvalue weighted by Gasteiger charge is -2.31. The van der Waals surface area contributed by atoms with Crippen molar-refractivity contribution in [3.63, 3.8) is 0 Å². The van der Waals surface area contributed by atoms with E-state index in [1.54, 1.807) is 0 Å². The molecule has 6 nitrogen and oxygen atoms in total. The Hall–Kier alpha value is -0.850. The van der Waals surface area contributed by atoms with Crippen molar-refractivity contribution in [3.8, 4) is 0 Å². The summed E-state index contributed by atoms with van der Waals surface area (Å²) in [6.45, 7) is 4.77. The van der Waals surface area contributed by atoms with Crippen molar-refractivity contribution in [2.45, 2.75) is 12.8 Å². The zero-order valence-corrected chi connectivity index (χ0v) is 11.2. The Morgan fingerprint density at radius 1 is 1.22 bits per heavy atom. The monoisotopic (exact) mass is 277 g/mol. The lowest BCUT2D eigenvalue weighted by molar-refractivity contribution is -0.136. The van der Waals surface area contributed by atoms with Gasteiger partial charge in [-0.25, -0.2) is 0 Å². The highest BCUT2D eigenvalue weighted by atomic mass is 35.5. The molecule has 0 aromatic rings. The standard InChI is InChI=1S/C11H19N3O3.ClH/c15-11(14-5-7-17-8-6-14)9-13-3-1-10(12-16)2-4-13;/h16H,1-9H2;1H. The zero-order chi connectivity index (χ0) is 12.1. The molecule has 0 aromatic heterocycles. The van der Waals surface area contributed by atoms with Gasteiger partial charge in [-0.15, -0.1) is 12.4 Å². The number of piperidine rings is 1. The Kier molecular flexibility index (Phi) is 6.38. The summed E-state index contributed by atoms with van der Waals surface area (Å²) in [5, 5.41) is 11.9. The summed E-state index contributed by atoms with van der Waals surface area (Å²) in [6, 6.07) is 0. The summed E-state index contributed by atoms with van der Waals surface area (Å²) in [7, 11) is 0. The number of amides is 1. The lowest BCUT2D eigenvalue weighted by Crippen LogP contribution is -2.47. The van der Waals surface area contributed by atoms with E-state index in [9.17, 15) is 4.79 Å². The first kappa shape index (κ1) is 15.2. The number of rotatable bonds is 2. The predicted molar refractivity (Wildman–Crippen MR) is 69.5 cm³/mol. The van der Waals surface area contributed by atoms with Crippen LogP contribution in [0.4, 0.5) is 0 Å². The number of ether oxygens (including phenoxy) is 1. The Morgan fingerprint density at radius 2 is 1.83 bits per heavy atom. The Morgan fingerprint density at radius 3 is 2.39 bits per heavy atom. The zero-order valence-electron chi connectivity index (χ0n) is 10.4. The fourth-order valence-electron chi connectivity index (χ4n) is 2.17. The highest BCUT2D eigenvalue weighted by Crippen LogP contribution is 2.08. The molecule has 0 bridgehead atoms. The minimum Gasteiger partial charge on any atom is -0.411 e. The van der Waals surface area contributed by atoms with Crippen LogP contribution in [0.1, 0.15) is 12.8 Å². The summed E-state index contributed by atoms with van der Waals surface area (Å²) in [4.78, 5) is 15.9. The molecule has 1 amide bonds. The van der Waals surface area contributed by atoms with Crippen LogP contribution in [-0.4, -0.2) is 72.6 Å². The van der Waals surface area contributed by atoms with Crippen molar-refractivity contribution >= 4 is 24.0 Å². The molecule has 18 heavy (non-hydrogen) atoms. The van der Waals surface area contributed by atoms with Crippen LogP contribution in [0.2, 0.25) is 0 Å². The molecule has 2 saturated heterocycles. The highest BCUT2D eigenvalue weighted by molar-refractivity contribution is 5.85. The highest BCUT2D eigenvalue weighted by Gasteiger charge is 2.22. The number of hydrogen-bond acceptors (Lipinski definition) is 5. The smallest absolute Gasteiger partial charge is 0.236 e. The molecule has 2 rings (SSSR count). The van der Waals surface area contributed by atoms with Crippen molar-refractivity contribution in [1.29, 1.82) is 0 Å². The van der Waals surface area contributed by atoms with Crippen molar-refractivity contribution in [3.05, 3.63) is 0 Å². The lowest BCUT2D eigenvalue weighted by atomic mass is 10.1. The van der Waals surface area contributed by atoms with Crippen LogP contribution in [0.25, 0.3) is 0 Å². The molecule has 0 saturated carbocycles. The largest absolute Gasteiger partial charge is 0.411 e. The van der Waals surface area contributed by atoms with Gasteiger partial charge in [0.2, 0.25) is 5.91 Å². The summed E-state index contributed by atoms with van der Waals surface area (Å²) < 4.78 is 5.22. The molecule has 104 valence electrons. The topological polar surface area (TPSA) is 65.4 Å². The average molecular weight is 278 g/mol. The first-order chi connectivity index (χ1) is 8.29. The second-order valence-corrected chi connectivity index (χ2v) is 4.44. The van der Waals surface area contributed by atoms with Gasteiger partial charge in [0, 0.05) is 39.0 Å². The Balaban J connectivity index is 0.00000162. The fourth-order valence-corrected chi connectivity index (χ4v) is 2.17. The third-order valence-electron chi connectivity index (χ3n) is 3.30. The van der Waals surface area contributed by atoms with Crippen LogP contribution >= 0.6 is 12.4 Å². The molecule has 0 aromatic carbocycles. The molecule has 2 aliphatic rings. The first-order valence-corrected chi connectivity index (χ1v) is 6.07. The maximum absolute atomic E-state index is 12.0. The van der Waals surface area contributed by atoms with E-state index >= 15 is 0 Å². The van der Waals surface area contributed by atoms with E-state index in [4.69, 9.17) is 9.94 Å². The molecule has 2 aliphatic heterocycles. The SMILES string of the molecule is Cl.O=C(CN1CCC(=NO)CC1)N1CCOCC1. The molecule has 1 N–H and O–H groups in total. The number of halogens is 1. The maximum atomic E-state index is 12.0. The van der Waals surface area contributed by atoms with Gasteiger partial charge < -0.3 is 14.8 Å². The summed E-state index contributed by atoms with van der Waals surface area (Å²) >= 11 is 0. The van der Waals surface area contributed by atoms with Crippen LogP contribution < -0.4 is 0 Å². The number of hydrogen-bond donors (Lipinski definition) is 1. The van der Waals surface area contributed by atoms with Crippen molar-refractivity contribution in [2.24, 2.45) is 5.16 Å². The average Bonchev–Trinajstić information content (AvgIpc) is 2.40. The van der Waals surface area contributed by atoms with Gasteiger partial charge in [-0.2, -0.15) is 0 Å². The molecular formula is C11H20ClN3O3. The van der Waals surface area contributed by atoms with Gasteiger partial charge in [-0.1, -0.05) is 5.16 Å². The van der Waals surface area contributed by atoms with E-state index in [1.165, 1.54) is 0 Å². The maximum Gasteiger partial charge on any atom is 0.236 e. The van der Waals surface area contributed by atoms with Crippen LogP contribution in [0.5, 0.6) is 0 Å². The van der Waals surface area contributed by atoms with Crippen molar-refractivity contribution in [1.82, 2.24) is 9.80 Å². The molecule has 0 atom stereocenters. The summed E-state index contributed by atoms with van der Waals surface area (Å²) in [5.41, 5.74) is 0.833. The molecule has 0 aliphatic carbocycles. The quantitative estimate of drug-likeness (QED) is 0.578. The van der Waals surface area contributed by atoms with Crippen molar-refractivity contribution < 1.29 is 14.7 Å². The Labute approximate surface area is 113 Å². The van der Waals surface area contributed by atoms with Gasteiger partial charge >= 0.3 is 0 Å². The number of nitrogens with zero attached hydrogens (tertiary/aromatic N) is 3. The third-order valence-corrected chi connectivity index (χ3v) is 3.30.